The van der Waals surface area contributed by atoms with E-state index in [-0.39, 0.29) is 17.8 Å². The molecule has 1 aromatic rings. The van der Waals surface area contributed by atoms with Gasteiger partial charge in [0.2, 0.25) is 0 Å². The molecule has 5 nitrogen and oxygen atoms in total. The van der Waals surface area contributed by atoms with Gasteiger partial charge in [-0.1, -0.05) is 48.8 Å². The number of carbonyl (C=O) groups is 1. The van der Waals surface area contributed by atoms with Crippen LogP contribution >= 0.6 is 0 Å². The molecule has 1 fully saturated rings. The van der Waals surface area contributed by atoms with E-state index in [1.165, 1.54) is 12.7 Å². The number of unbranched alkanes of at least 4 members (excludes halogenated alkanes) is 3. The van der Waals surface area contributed by atoms with E-state index in [0.717, 1.165) is 37.7 Å². The van der Waals surface area contributed by atoms with Crippen molar-refractivity contribution in [3.8, 4) is 11.8 Å². The molecular weight excluding hydrogens is 380 g/mol. The molecule has 0 spiro atoms. The number of ether oxygens (including phenoxy) is 1. The summed E-state index contributed by atoms with van der Waals surface area (Å²) in [5.41, 5.74) is 2.05. The van der Waals surface area contributed by atoms with E-state index in [2.05, 4.69) is 16.6 Å². The fourth-order valence-corrected chi connectivity index (χ4v) is 4.31. The summed E-state index contributed by atoms with van der Waals surface area (Å²) in [6.45, 7) is 2.02. The zero-order chi connectivity index (χ0) is 21.9. The van der Waals surface area contributed by atoms with Gasteiger partial charge in [-0.3, -0.25) is 4.79 Å². The Kier molecular flexibility index (Phi) is 10.4. The number of esters is 1. The first kappa shape index (κ1) is 24.4. The number of benzene rings is 1. The summed E-state index contributed by atoms with van der Waals surface area (Å²) < 4.78 is 4.64. The van der Waals surface area contributed by atoms with E-state index in [0.29, 0.717) is 25.7 Å². The molecule has 166 valence electrons. The highest BCUT2D eigenvalue weighted by Crippen LogP contribution is 2.39. The van der Waals surface area contributed by atoms with Crippen molar-refractivity contribution in [3.05, 3.63) is 35.4 Å². The van der Waals surface area contributed by atoms with E-state index >= 15 is 0 Å². The van der Waals surface area contributed by atoms with Crippen LogP contribution in [0.5, 0.6) is 0 Å². The summed E-state index contributed by atoms with van der Waals surface area (Å²) in [7, 11) is 1.40. The third-order valence-electron chi connectivity index (χ3n) is 6.13. The number of aliphatic hydroxyl groups excluding tert-OH is 3. The third-order valence-corrected chi connectivity index (χ3v) is 6.13. The maximum absolute atomic E-state index is 11.1. The highest BCUT2D eigenvalue weighted by molar-refractivity contribution is 5.68. The molecular formula is C25H36O5. The number of rotatable bonds is 10. The first-order valence-electron chi connectivity index (χ1n) is 11.1. The Morgan fingerprint density at radius 2 is 1.70 bits per heavy atom. The average Bonchev–Trinajstić information content (AvgIpc) is 3.00. The molecule has 0 aromatic heterocycles. The quantitative estimate of drug-likeness (QED) is 0.309. The largest absolute Gasteiger partial charge is 0.469 e. The summed E-state index contributed by atoms with van der Waals surface area (Å²) in [4.78, 5) is 11.1. The lowest BCUT2D eigenvalue weighted by molar-refractivity contribution is -0.140. The van der Waals surface area contributed by atoms with Gasteiger partial charge in [0.1, 0.15) is 6.10 Å². The van der Waals surface area contributed by atoms with Gasteiger partial charge in [-0.2, -0.15) is 0 Å². The van der Waals surface area contributed by atoms with E-state index in [9.17, 15) is 20.1 Å². The Balaban J connectivity index is 1.75. The normalized spacial score (nSPS) is 24.2. The Labute approximate surface area is 180 Å². The van der Waals surface area contributed by atoms with Crippen molar-refractivity contribution in [2.24, 2.45) is 11.8 Å². The van der Waals surface area contributed by atoms with Crippen molar-refractivity contribution in [3.63, 3.8) is 0 Å². The Morgan fingerprint density at radius 3 is 2.37 bits per heavy atom. The summed E-state index contributed by atoms with van der Waals surface area (Å²) in [6.07, 6.45) is 4.82. The van der Waals surface area contributed by atoms with Crippen molar-refractivity contribution < 1.29 is 24.9 Å². The van der Waals surface area contributed by atoms with Gasteiger partial charge in [-0.15, -0.1) is 0 Å². The summed E-state index contributed by atoms with van der Waals surface area (Å²) >= 11 is 0. The second kappa shape index (κ2) is 12.7. The zero-order valence-corrected chi connectivity index (χ0v) is 18.2. The van der Waals surface area contributed by atoms with Crippen LogP contribution in [-0.2, 0) is 9.53 Å². The maximum Gasteiger partial charge on any atom is 0.305 e. The third kappa shape index (κ3) is 8.10. The summed E-state index contributed by atoms with van der Waals surface area (Å²) in [5.74, 6) is 5.76. The second-order valence-electron chi connectivity index (χ2n) is 8.46. The van der Waals surface area contributed by atoms with Crippen LogP contribution in [0.25, 0.3) is 0 Å². The second-order valence-corrected chi connectivity index (χ2v) is 8.46. The van der Waals surface area contributed by atoms with Crippen LogP contribution in [-0.4, -0.2) is 46.7 Å². The van der Waals surface area contributed by atoms with Gasteiger partial charge in [0.25, 0.3) is 0 Å². The number of aliphatic hydroxyl groups is 3. The smallest absolute Gasteiger partial charge is 0.305 e. The van der Waals surface area contributed by atoms with Crippen LogP contribution in [0.4, 0.5) is 0 Å². The van der Waals surface area contributed by atoms with Gasteiger partial charge < -0.3 is 20.1 Å². The molecule has 0 heterocycles. The SMILES string of the molecule is COC(=O)CCCCCC[C@@H]1[C@@H](CCC(O)C#Cc2ccc(C)cc2)[C@H](O)C[C@@H]1O. The summed E-state index contributed by atoms with van der Waals surface area (Å²) in [6, 6.07) is 7.86. The van der Waals surface area contributed by atoms with E-state index < -0.39 is 18.3 Å². The predicted octanol–water partition coefficient (Wildman–Crippen LogP) is 3.36. The average molecular weight is 417 g/mol. The van der Waals surface area contributed by atoms with E-state index in [1.54, 1.807) is 0 Å². The minimum atomic E-state index is -0.741. The lowest BCUT2D eigenvalue weighted by Crippen LogP contribution is -2.23. The summed E-state index contributed by atoms with van der Waals surface area (Å²) in [5, 5.41) is 31.0. The molecule has 1 unspecified atom stereocenters. The van der Waals surface area contributed by atoms with Crippen LogP contribution in [0.3, 0.4) is 0 Å². The molecule has 3 N–H and O–H groups in total. The van der Waals surface area contributed by atoms with Crippen molar-refractivity contribution in [2.75, 3.05) is 7.11 Å². The number of methoxy groups -OCH3 is 1. The van der Waals surface area contributed by atoms with Gasteiger partial charge >= 0.3 is 5.97 Å². The van der Waals surface area contributed by atoms with Crippen molar-refractivity contribution in [1.82, 2.24) is 0 Å². The lowest BCUT2D eigenvalue weighted by Gasteiger charge is -2.24. The molecule has 1 aliphatic carbocycles. The molecule has 0 amide bonds. The molecule has 30 heavy (non-hydrogen) atoms. The van der Waals surface area contributed by atoms with Crippen LogP contribution < -0.4 is 0 Å². The zero-order valence-electron chi connectivity index (χ0n) is 18.2. The molecule has 0 aliphatic heterocycles. The number of hydrogen-bond acceptors (Lipinski definition) is 5. The number of aryl methyl sites for hydroxylation is 1. The number of carbonyl (C=O) groups excluding carboxylic acids is 1. The van der Waals surface area contributed by atoms with Crippen LogP contribution in [0, 0.1) is 30.6 Å². The van der Waals surface area contributed by atoms with E-state index in [4.69, 9.17) is 0 Å². The van der Waals surface area contributed by atoms with Gasteiger partial charge in [0.05, 0.1) is 19.3 Å². The van der Waals surface area contributed by atoms with Crippen LogP contribution in [0.15, 0.2) is 24.3 Å². The van der Waals surface area contributed by atoms with Crippen molar-refractivity contribution >= 4 is 5.97 Å². The van der Waals surface area contributed by atoms with Gasteiger partial charge in [0.15, 0.2) is 0 Å². The highest BCUT2D eigenvalue weighted by atomic mass is 16.5. The molecule has 2 rings (SSSR count). The van der Waals surface area contributed by atoms with Crippen molar-refractivity contribution in [2.45, 2.75) is 83.0 Å². The minimum Gasteiger partial charge on any atom is -0.469 e. The van der Waals surface area contributed by atoms with Crippen LogP contribution in [0.2, 0.25) is 0 Å². The topological polar surface area (TPSA) is 87.0 Å². The van der Waals surface area contributed by atoms with Gasteiger partial charge in [0, 0.05) is 12.0 Å². The molecule has 5 heteroatoms. The molecule has 0 saturated heterocycles. The molecule has 5 atom stereocenters. The van der Waals surface area contributed by atoms with Crippen LogP contribution in [0.1, 0.15) is 68.9 Å². The molecule has 1 aliphatic rings. The molecule has 1 saturated carbocycles. The van der Waals surface area contributed by atoms with Crippen molar-refractivity contribution in [1.29, 1.82) is 0 Å². The lowest BCUT2D eigenvalue weighted by atomic mass is 9.85. The number of hydrogen-bond donors (Lipinski definition) is 3. The first-order valence-corrected chi connectivity index (χ1v) is 11.1. The van der Waals surface area contributed by atoms with Gasteiger partial charge in [-0.25, -0.2) is 0 Å². The minimum absolute atomic E-state index is 0.00843. The Bertz CT molecular complexity index is 702. The van der Waals surface area contributed by atoms with Gasteiger partial charge in [-0.05, 0) is 63.0 Å². The Hall–Kier alpha value is -1.87. The Morgan fingerprint density at radius 1 is 1.07 bits per heavy atom. The monoisotopic (exact) mass is 416 g/mol. The highest BCUT2D eigenvalue weighted by Gasteiger charge is 2.40. The molecule has 1 aromatic carbocycles. The predicted molar refractivity (Wildman–Crippen MR) is 117 cm³/mol. The first-order chi connectivity index (χ1) is 14.4. The maximum atomic E-state index is 11.1. The van der Waals surface area contributed by atoms with E-state index in [1.807, 2.05) is 31.2 Å². The molecule has 0 radical (unpaired) electrons. The molecule has 0 bridgehead atoms. The fraction of sp³-hybridized carbons (Fsp3) is 0.640. The standard InChI is InChI=1S/C25H36O5/c1-18-9-11-19(12-10-18)13-14-20(26)15-16-22-21(23(27)17-24(22)28)7-5-3-4-6-8-25(29)30-2/h9-12,20-24,26-28H,3-8,15-17H2,1-2H3/t20?,21-,22-,23+,24-/m1/s1. The fourth-order valence-electron chi connectivity index (χ4n) is 4.31.